The summed E-state index contributed by atoms with van der Waals surface area (Å²) in [5.41, 5.74) is 0.279. The normalized spacial score (nSPS) is 13.1. The highest BCUT2D eigenvalue weighted by Gasteiger charge is 2.39. The maximum Gasteiger partial charge on any atom is 0.405 e. The molecule has 190 valence electrons. The van der Waals surface area contributed by atoms with Crippen LogP contribution in [0.3, 0.4) is 0 Å². The molecule has 3 nitrogen and oxygen atoms in total. The van der Waals surface area contributed by atoms with Gasteiger partial charge in [0.05, 0.1) is 27.5 Å². The van der Waals surface area contributed by atoms with Crippen molar-refractivity contribution >= 4 is 79.9 Å². The van der Waals surface area contributed by atoms with Crippen molar-refractivity contribution in [2.75, 3.05) is 13.1 Å². The van der Waals surface area contributed by atoms with Crippen molar-refractivity contribution in [2.45, 2.75) is 18.3 Å². The molecule has 2 aromatic carbocycles. The molecule has 14 heteroatoms. The first-order chi connectivity index (χ1) is 16.1. The van der Waals surface area contributed by atoms with Crippen LogP contribution in [0.1, 0.15) is 27.4 Å². The fourth-order valence-corrected chi connectivity index (χ4v) is 4.11. The van der Waals surface area contributed by atoms with Gasteiger partial charge in [0.2, 0.25) is 0 Å². The standard InChI is InChI=1S/C21H14BrCl3F6N2OS/c22-14-5-10(1-3-12(14)17(34)8-32-19(35)33-9-20(26,27)28)2-4-13(21(29,30)31)11-6-15(23)18(25)16(24)7-11/h1-7,13H,8-9H2,(H2,32,33,35)/b4-2+. The molecule has 0 aliphatic heterocycles. The van der Waals surface area contributed by atoms with E-state index in [4.69, 9.17) is 34.8 Å². The number of alkyl halides is 6. The van der Waals surface area contributed by atoms with Gasteiger partial charge in [-0.25, -0.2) is 0 Å². The van der Waals surface area contributed by atoms with Crippen LogP contribution < -0.4 is 10.6 Å². The number of rotatable bonds is 7. The van der Waals surface area contributed by atoms with Gasteiger partial charge in [-0.15, -0.1) is 0 Å². The summed E-state index contributed by atoms with van der Waals surface area (Å²) in [6.07, 6.45) is -7.01. The number of halogens is 10. The van der Waals surface area contributed by atoms with E-state index in [2.05, 4.69) is 33.5 Å². The van der Waals surface area contributed by atoms with E-state index in [1.165, 1.54) is 24.3 Å². The molecule has 0 aromatic heterocycles. The maximum atomic E-state index is 13.7. The number of thiocarbonyl (C=S) groups is 1. The van der Waals surface area contributed by atoms with Gasteiger partial charge < -0.3 is 10.6 Å². The van der Waals surface area contributed by atoms with Crippen LogP contribution in [0.15, 0.2) is 40.9 Å². The number of benzene rings is 2. The molecule has 2 N–H and O–H groups in total. The van der Waals surface area contributed by atoms with Crippen LogP contribution in [0.2, 0.25) is 15.1 Å². The molecule has 2 aromatic rings. The maximum absolute atomic E-state index is 13.7. The summed E-state index contributed by atoms with van der Waals surface area (Å²) < 4.78 is 77.9. The Hall–Kier alpha value is -1.53. The number of hydrogen-bond donors (Lipinski definition) is 2. The summed E-state index contributed by atoms with van der Waals surface area (Å²) in [6.45, 7) is -1.75. The van der Waals surface area contributed by atoms with Gasteiger partial charge in [0.15, 0.2) is 10.9 Å². The van der Waals surface area contributed by atoms with Gasteiger partial charge in [-0.05, 0) is 47.6 Å². The Morgan fingerprint density at radius 2 is 1.63 bits per heavy atom. The summed E-state index contributed by atoms with van der Waals surface area (Å²) in [5, 5.41) is 3.63. The first-order valence-electron chi connectivity index (χ1n) is 9.39. The predicted molar refractivity (Wildman–Crippen MR) is 132 cm³/mol. The summed E-state index contributed by atoms with van der Waals surface area (Å²) in [6, 6.07) is 6.34. The van der Waals surface area contributed by atoms with E-state index in [0.29, 0.717) is 5.56 Å². The Morgan fingerprint density at radius 1 is 1.03 bits per heavy atom. The monoisotopic (exact) mass is 640 g/mol. The van der Waals surface area contributed by atoms with Crippen LogP contribution in [0, 0.1) is 0 Å². The number of allylic oxidation sites excluding steroid dienone is 1. The van der Waals surface area contributed by atoms with Crippen LogP contribution in [0.4, 0.5) is 26.3 Å². The Kier molecular flexibility index (Phi) is 10.3. The van der Waals surface area contributed by atoms with E-state index in [1.54, 1.807) is 0 Å². The number of ketones is 1. The van der Waals surface area contributed by atoms with E-state index in [9.17, 15) is 31.1 Å². The molecule has 0 saturated heterocycles. The molecule has 0 spiro atoms. The lowest BCUT2D eigenvalue weighted by atomic mass is 9.97. The molecule has 0 aliphatic carbocycles. The lowest BCUT2D eigenvalue weighted by Crippen LogP contribution is -2.42. The first-order valence-corrected chi connectivity index (χ1v) is 11.7. The van der Waals surface area contributed by atoms with Gasteiger partial charge in [0.1, 0.15) is 6.54 Å². The van der Waals surface area contributed by atoms with E-state index in [0.717, 1.165) is 18.2 Å². The van der Waals surface area contributed by atoms with E-state index >= 15 is 0 Å². The summed E-state index contributed by atoms with van der Waals surface area (Å²) >= 11 is 25.4. The third-order valence-corrected chi connectivity index (χ3v) is 6.49. The Balaban J connectivity index is 2.15. The van der Waals surface area contributed by atoms with Crippen molar-refractivity contribution in [3.8, 4) is 0 Å². The topological polar surface area (TPSA) is 41.1 Å². The molecule has 2 rings (SSSR count). The first kappa shape index (κ1) is 29.7. The second-order valence-electron chi connectivity index (χ2n) is 6.99. The fourth-order valence-electron chi connectivity index (χ4n) is 2.73. The summed E-state index contributed by atoms with van der Waals surface area (Å²) in [5.74, 6) is -2.55. The molecule has 1 atom stereocenters. The zero-order valence-corrected chi connectivity index (χ0v) is 21.8. The molecular formula is C21H14BrCl3F6N2OS. The van der Waals surface area contributed by atoms with Crippen LogP contribution in [-0.2, 0) is 0 Å². The molecule has 0 amide bonds. The van der Waals surface area contributed by atoms with Gasteiger partial charge >= 0.3 is 12.4 Å². The fraction of sp³-hybridized carbons (Fsp3) is 0.238. The van der Waals surface area contributed by atoms with E-state index < -0.39 is 37.1 Å². The minimum atomic E-state index is -4.66. The average Bonchev–Trinajstić information content (AvgIpc) is 2.73. The highest BCUT2D eigenvalue weighted by molar-refractivity contribution is 9.10. The minimum absolute atomic E-state index is 0.0578. The van der Waals surface area contributed by atoms with Crippen LogP contribution in [-0.4, -0.2) is 36.3 Å². The zero-order chi connectivity index (χ0) is 26.6. The Labute approximate surface area is 224 Å². The summed E-state index contributed by atoms with van der Waals surface area (Å²) in [4.78, 5) is 12.4. The van der Waals surface area contributed by atoms with Crippen molar-refractivity contribution in [1.82, 2.24) is 10.6 Å². The summed E-state index contributed by atoms with van der Waals surface area (Å²) in [7, 11) is 0. The van der Waals surface area contributed by atoms with Gasteiger partial charge in [0, 0.05) is 10.0 Å². The number of hydrogen-bond acceptors (Lipinski definition) is 2. The van der Waals surface area contributed by atoms with Crippen LogP contribution >= 0.6 is 63.0 Å². The zero-order valence-electron chi connectivity index (χ0n) is 17.1. The van der Waals surface area contributed by atoms with Crippen molar-refractivity contribution < 1.29 is 31.1 Å². The number of carbonyl (C=O) groups is 1. The average molecular weight is 643 g/mol. The number of nitrogens with one attached hydrogen (secondary N) is 2. The van der Waals surface area contributed by atoms with Gasteiger partial charge in [-0.1, -0.05) is 69.0 Å². The molecular weight excluding hydrogens is 629 g/mol. The molecule has 0 aliphatic rings. The second kappa shape index (κ2) is 12.1. The SMILES string of the molecule is O=C(CNC(=S)NCC(F)(F)F)c1ccc(/C=C/C(c2cc(Cl)c(Cl)c(Cl)c2)C(F)(F)F)cc1Br. The molecule has 35 heavy (non-hydrogen) atoms. The second-order valence-corrected chi connectivity index (χ2v) is 9.45. The van der Waals surface area contributed by atoms with E-state index in [1.807, 2.05) is 5.32 Å². The number of carbonyl (C=O) groups excluding carboxylic acids is 1. The molecule has 0 fully saturated rings. The lowest BCUT2D eigenvalue weighted by Gasteiger charge is -2.18. The minimum Gasteiger partial charge on any atom is -0.355 e. The molecule has 0 saturated carbocycles. The molecule has 1 unspecified atom stereocenters. The highest BCUT2D eigenvalue weighted by atomic mass is 79.9. The third-order valence-electron chi connectivity index (χ3n) is 4.35. The molecule has 0 radical (unpaired) electrons. The molecule has 0 bridgehead atoms. The third kappa shape index (κ3) is 9.13. The number of Topliss-reactive ketones (excluding diaryl/α,β-unsaturated/α-hetero) is 1. The van der Waals surface area contributed by atoms with Crippen molar-refractivity contribution in [3.05, 3.63) is 72.6 Å². The largest absolute Gasteiger partial charge is 0.405 e. The van der Waals surface area contributed by atoms with Crippen LogP contribution in [0.25, 0.3) is 6.08 Å². The van der Waals surface area contributed by atoms with Gasteiger partial charge in [-0.2, -0.15) is 26.3 Å². The quantitative estimate of drug-likeness (QED) is 0.139. The van der Waals surface area contributed by atoms with Gasteiger partial charge in [-0.3, -0.25) is 4.79 Å². The van der Waals surface area contributed by atoms with Gasteiger partial charge in [0.25, 0.3) is 0 Å². The smallest absolute Gasteiger partial charge is 0.355 e. The highest BCUT2D eigenvalue weighted by Crippen LogP contribution is 2.41. The van der Waals surface area contributed by atoms with Crippen molar-refractivity contribution in [3.63, 3.8) is 0 Å². The van der Waals surface area contributed by atoms with E-state index in [-0.39, 0.29) is 35.8 Å². The predicted octanol–water partition coefficient (Wildman–Crippen LogP) is 7.98. The van der Waals surface area contributed by atoms with Crippen LogP contribution in [0.5, 0.6) is 0 Å². The Morgan fingerprint density at radius 3 is 2.14 bits per heavy atom. The lowest BCUT2D eigenvalue weighted by molar-refractivity contribution is -0.139. The molecule has 0 heterocycles. The van der Waals surface area contributed by atoms with Crippen molar-refractivity contribution in [2.24, 2.45) is 0 Å². The Bertz CT molecular complexity index is 1120. The van der Waals surface area contributed by atoms with Crippen molar-refractivity contribution in [1.29, 1.82) is 0 Å².